The van der Waals surface area contributed by atoms with Gasteiger partial charge in [0.2, 0.25) is 0 Å². The molecular weight excluding hydrogens is 132 g/mol. The van der Waals surface area contributed by atoms with Crippen LogP contribution in [0.1, 0.15) is 60.8 Å². The van der Waals surface area contributed by atoms with E-state index in [4.69, 9.17) is 0 Å². The number of hydrogen-bond acceptors (Lipinski definition) is 0. The Morgan fingerprint density at radius 3 is 1.18 bits per heavy atom. The van der Waals surface area contributed by atoms with E-state index < -0.39 is 0 Å². The van der Waals surface area contributed by atoms with Crippen molar-refractivity contribution < 1.29 is 0 Å². The van der Waals surface area contributed by atoms with Gasteiger partial charge in [-0.05, 0) is 11.8 Å². The van der Waals surface area contributed by atoms with Gasteiger partial charge >= 0.3 is 0 Å². The standard InChI is InChI=1S/C9H20.C2H6/c1-8(2)6-5-7-9(3)4;1-2/h8-9H,5-7H2,1-4H3;1-2H3. The van der Waals surface area contributed by atoms with Crippen molar-refractivity contribution in [3.05, 3.63) is 0 Å². The monoisotopic (exact) mass is 158 g/mol. The van der Waals surface area contributed by atoms with Gasteiger partial charge in [-0.3, -0.25) is 0 Å². The van der Waals surface area contributed by atoms with Crippen LogP contribution in [0.15, 0.2) is 0 Å². The fourth-order valence-electron chi connectivity index (χ4n) is 0.934. The summed E-state index contributed by atoms with van der Waals surface area (Å²) in [6, 6.07) is 0. The zero-order valence-electron chi connectivity index (χ0n) is 9.28. The molecule has 0 aromatic rings. The van der Waals surface area contributed by atoms with Crippen LogP contribution in [-0.2, 0) is 0 Å². The van der Waals surface area contributed by atoms with E-state index in [0.29, 0.717) is 0 Å². The minimum atomic E-state index is 0.892. The molecule has 0 spiro atoms. The quantitative estimate of drug-likeness (QED) is 0.565. The second-order valence-corrected chi connectivity index (χ2v) is 3.72. The second kappa shape index (κ2) is 10.0. The highest BCUT2D eigenvalue weighted by Crippen LogP contribution is 2.10. The summed E-state index contributed by atoms with van der Waals surface area (Å²) >= 11 is 0. The van der Waals surface area contributed by atoms with Crippen LogP contribution >= 0.6 is 0 Å². The lowest BCUT2D eigenvalue weighted by atomic mass is 10.0. The summed E-state index contributed by atoms with van der Waals surface area (Å²) in [6.07, 6.45) is 4.21. The highest BCUT2D eigenvalue weighted by Gasteiger charge is 1.95. The van der Waals surface area contributed by atoms with Crippen molar-refractivity contribution in [2.24, 2.45) is 11.8 Å². The molecule has 0 bridgehead atoms. The van der Waals surface area contributed by atoms with Crippen molar-refractivity contribution >= 4 is 0 Å². The van der Waals surface area contributed by atoms with E-state index in [1.807, 2.05) is 13.8 Å². The third kappa shape index (κ3) is 17.8. The molecule has 0 nitrogen and oxygen atoms in total. The van der Waals surface area contributed by atoms with Gasteiger partial charge in [-0.15, -0.1) is 0 Å². The fourth-order valence-corrected chi connectivity index (χ4v) is 0.934. The highest BCUT2D eigenvalue weighted by molar-refractivity contribution is 4.49. The SMILES string of the molecule is CC.CC(C)CCCC(C)C. The summed E-state index contributed by atoms with van der Waals surface area (Å²) in [5.74, 6) is 1.78. The minimum absolute atomic E-state index is 0.892. The first-order valence-corrected chi connectivity index (χ1v) is 5.13. The van der Waals surface area contributed by atoms with Crippen LogP contribution in [0.5, 0.6) is 0 Å². The predicted molar refractivity (Wildman–Crippen MR) is 54.9 cm³/mol. The average Bonchev–Trinajstić information content (AvgIpc) is 1.90. The van der Waals surface area contributed by atoms with Gasteiger partial charge in [-0.1, -0.05) is 60.8 Å². The molecule has 0 amide bonds. The lowest BCUT2D eigenvalue weighted by Gasteiger charge is -2.05. The van der Waals surface area contributed by atoms with E-state index in [-0.39, 0.29) is 0 Å². The van der Waals surface area contributed by atoms with Gasteiger partial charge in [0.1, 0.15) is 0 Å². The molecule has 0 heterocycles. The third-order valence-corrected chi connectivity index (χ3v) is 1.56. The number of hydrogen-bond donors (Lipinski definition) is 0. The lowest BCUT2D eigenvalue weighted by Crippen LogP contribution is -1.90. The Labute approximate surface area is 73.4 Å². The highest BCUT2D eigenvalue weighted by atomic mass is 14.0. The molecule has 0 rings (SSSR count). The van der Waals surface area contributed by atoms with Gasteiger partial charge < -0.3 is 0 Å². The van der Waals surface area contributed by atoms with E-state index in [9.17, 15) is 0 Å². The molecule has 0 unspecified atom stereocenters. The maximum absolute atomic E-state index is 2.29. The molecule has 0 fully saturated rings. The molecule has 0 aliphatic carbocycles. The van der Waals surface area contributed by atoms with Gasteiger partial charge in [-0.2, -0.15) is 0 Å². The molecule has 0 saturated carbocycles. The Hall–Kier alpha value is 0. The van der Waals surface area contributed by atoms with Crippen molar-refractivity contribution in [3.63, 3.8) is 0 Å². The summed E-state index contributed by atoms with van der Waals surface area (Å²) in [5.41, 5.74) is 0. The largest absolute Gasteiger partial charge is 0.0683 e. The van der Waals surface area contributed by atoms with Crippen LogP contribution in [0.4, 0.5) is 0 Å². The fraction of sp³-hybridized carbons (Fsp3) is 1.00. The Balaban J connectivity index is 0. The summed E-state index contributed by atoms with van der Waals surface area (Å²) in [5, 5.41) is 0. The first-order chi connectivity index (χ1) is 5.13. The molecule has 0 heteroatoms. The first-order valence-electron chi connectivity index (χ1n) is 5.13. The van der Waals surface area contributed by atoms with Gasteiger partial charge in [0.05, 0.1) is 0 Å². The van der Waals surface area contributed by atoms with Gasteiger partial charge in [0.25, 0.3) is 0 Å². The van der Waals surface area contributed by atoms with Crippen LogP contribution in [0, 0.1) is 11.8 Å². The normalized spacial score (nSPS) is 9.82. The summed E-state index contributed by atoms with van der Waals surface area (Å²) in [4.78, 5) is 0. The van der Waals surface area contributed by atoms with Crippen LogP contribution in [-0.4, -0.2) is 0 Å². The maximum Gasteiger partial charge on any atom is -0.0471 e. The van der Waals surface area contributed by atoms with Gasteiger partial charge in [0.15, 0.2) is 0 Å². The molecule has 0 aliphatic rings. The number of rotatable bonds is 4. The molecule has 11 heavy (non-hydrogen) atoms. The lowest BCUT2D eigenvalue weighted by molar-refractivity contribution is 0.480. The van der Waals surface area contributed by atoms with E-state index in [0.717, 1.165) is 11.8 Å². The summed E-state index contributed by atoms with van der Waals surface area (Å²) in [6.45, 7) is 13.2. The van der Waals surface area contributed by atoms with Crippen molar-refractivity contribution in [3.8, 4) is 0 Å². The molecule has 0 aliphatic heterocycles. The second-order valence-electron chi connectivity index (χ2n) is 3.72. The molecule has 0 N–H and O–H groups in total. The molecule has 0 atom stereocenters. The van der Waals surface area contributed by atoms with E-state index >= 15 is 0 Å². The van der Waals surface area contributed by atoms with Crippen LogP contribution in [0.2, 0.25) is 0 Å². The first kappa shape index (κ1) is 13.6. The van der Waals surface area contributed by atoms with E-state index in [2.05, 4.69) is 27.7 Å². The van der Waals surface area contributed by atoms with Crippen LogP contribution in [0.3, 0.4) is 0 Å². The van der Waals surface area contributed by atoms with Crippen molar-refractivity contribution in [1.82, 2.24) is 0 Å². The van der Waals surface area contributed by atoms with Crippen LogP contribution in [0.25, 0.3) is 0 Å². The minimum Gasteiger partial charge on any atom is -0.0683 e. The molecule has 0 aromatic heterocycles. The smallest absolute Gasteiger partial charge is 0.0471 e. The zero-order valence-corrected chi connectivity index (χ0v) is 9.28. The molecular formula is C11H26. The molecule has 70 valence electrons. The van der Waals surface area contributed by atoms with Crippen molar-refractivity contribution in [2.75, 3.05) is 0 Å². The van der Waals surface area contributed by atoms with Gasteiger partial charge in [-0.25, -0.2) is 0 Å². The molecule has 0 aromatic carbocycles. The Kier molecular flexibility index (Phi) is 12.3. The Bertz CT molecular complexity index is 45.1. The van der Waals surface area contributed by atoms with E-state index in [1.54, 1.807) is 0 Å². The van der Waals surface area contributed by atoms with E-state index in [1.165, 1.54) is 19.3 Å². The topological polar surface area (TPSA) is 0 Å². The van der Waals surface area contributed by atoms with Crippen molar-refractivity contribution in [2.45, 2.75) is 60.8 Å². The van der Waals surface area contributed by atoms with Crippen molar-refractivity contribution in [1.29, 1.82) is 0 Å². The average molecular weight is 158 g/mol. The van der Waals surface area contributed by atoms with Gasteiger partial charge in [0, 0.05) is 0 Å². The summed E-state index contributed by atoms with van der Waals surface area (Å²) < 4.78 is 0. The predicted octanol–water partition coefficient (Wildman–Crippen LogP) is 4.49. The Morgan fingerprint density at radius 1 is 0.727 bits per heavy atom. The summed E-state index contributed by atoms with van der Waals surface area (Å²) in [7, 11) is 0. The zero-order chi connectivity index (χ0) is 9.28. The maximum atomic E-state index is 2.29. The third-order valence-electron chi connectivity index (χ3n) is 1.56. The Morgan fingerprint density at radius 2 is 1.00 bits per heavy atom. The van der Waals surface area contributed by atoms with Crippen LogP contribution < -0.4 is 0 Å². The molecule has 0 saturated heterocycles. The molecule has 0 radical (unpaired) electrons.